The van der Waals surface area contributed by atoms with Gasteiger partial charge in [-0.2, -0.15) is 19.3 Å². The van der Waals surface area contributed by atoms with Crippen molar-refractivity contribution in [1.82, 2.24) is 0 Å². The van der Waals surface area contributed by atoms with E-state index in [4.69, 9.17) is 0 Å². The Morgan fingerprint density at radius 3 is 1.73 bits per heavy atom. The van der Waals surface area contributed by atoms with Crippen LogP contribution in [0.25, 0.3) is 0 Å². The standard InChI is InChI=1S/C11H23/c1-8(2)7-10(5)11(6)9(3)4/h8-9,11H,7H2,1-6H3/q-1. The van der Waals surface area contributed by atoms with E-state index < -0.39 is 0 Å². The molecule has 0 aliphatic heterocycles. The van der Waals surface area contributed by atoms with Gasteiger partial charge in [0.15, 0.2) is 0 Å². The second-order valence-electron chi connectivity index (χ2n) is 4.48. The Morgan fingerprint density at radius 1 is 1.00 bits per heavy atom. The molecule has 0 heteroatoms. The summed E-state index contributed by atoms with van der Waals surface area (Å²) < 4.78 is 0. The minimum absolute atomic E-state index is 0.789. The molecule has 0 rings (SSSR count). The van der Waals surface area contributed by atoms with E-state index in [1.54, 1.807) is 5.92 Å². The minimum atomic E-state index is 0.789. The molecule has 0 amide bonds. The summed E-state index contributed by atoms with van der Waals surface area (Å²) in [5, 5.41) is 0. The molecule has 0 aromatic rings. The van der Waals surface area contributed by atoms with Crippen LogP contribution in [-0.2, 0) is 0 Å². The Bertz CT molecular complexity index is 92.2. The predicted octanol–water partition coefficient (Wildman–Crippen LogP) is 3.92. The average Bonchev–Trinajstić information content (AvgIpc) is 1.84. The third kappa shape index (κ3) is 4.44. The van der Waals surface area contributed by atoms with Crippen molar-refractivity contribution in [2.75, 3.05) is 0 Å². The van der Waals surface area contributed by atoms with Crippen LogP contribution in [0.3, 0.4) is 0 Å². The van der Waals surface area contributed by atoms with E-state index in [9.17, 15) is 0 Å². The van der Waals surface area contributed by atoms with Crippen LogP contribution < -0.4 is 0 Å². The van der Waals surface area contributed by atoms with E-state index in [1.807, 2.05) is 0 Å². The smallest absolute Gasteiger partial charge is 0.0650 e. The van der Waals surface area contributed by atoms with Crippen molar-refractivity contribution in [2.45, 2.75) is 48.0 Å². The summed E-state index contributed by atoms with van der Waals surface area (Å²) in [5.41, 5.74) is 0. The number of hydrogen-bond acceptors (Lipinski definition) is 0. The first-order valence-corrected chi connectivity index (χ1v) is 4.77. The second kappa shape index (κ2) is 4.79. The lowest BCUT2D eigenvalue weighted by molar-refractivity contribution is 0.394. The SMILES string of the molecule is C[C-](CC(C)C)C(C)C(C)C. The molecule has 0 saturated carbocycles. The Morgan fingerprint density at radius 2 is 1.45 bits per heavy atom. The van der Waals surface area contributed by atoms with Gasteiger partial charge in [-0.05, 0) is 0 Å². The fourth-order valence-corrected chi connectivity index (χ4v) is 1.40. The molecule has 0 spiro atoms. The summed E-state index contributed by atoms with van der Waals surface area (Å²) >= 11 is 0. The van der Waals surface area contributed by atoms with Gasteiger partial charge >= 0.3 is 0 Å². The lowest BCUT2D eigenvalue weighted by atomic mass is 9.82. The molecule has 0 aromatic carbocycles. The topological polar surface area (TPSA) is 0 Å². The zero-order chi connectivity index (χ0) is 9.02. The molecule has 0 aliphatic rings. The Balaban J connectivity index is 3.73. The first-order valence-electron chi connectivity index (χ1n) is 4.77. The largest absolute Gasteiger partial charge is 0.313 e. The Hall–Kier alpha value is 0. The summed E-state index contributed by atoms with van der Waals surface area (Å²) in [6, 6.07) is 0. The molecule has 0 fully saturated rings. The fraction of sp³-hybridized carbons (Fsp3) is 0.909. The molecular formula is C11H23-. The van der Waals surface area contributed by atoms with E-state index in [2.05, 4.69) is 41.5 Å². The van der Waals surface area contributed by atoms with Crippen molar-refractivity contribution in [1.29, 1.82) is 0 Å². The zero-order valence-electron chi connectivity index (χ0n) is 8.94. The van der Waals surface area contributed by atoms with Crippen LogP contribution in [0.15, 0.2) is 0 Å². The van der Waals surface area contributed by atoms with Crippen molar-refractivity contribution in [3.63, 3.8) is 0 Å². The molecule has 68 valence electrons. The Kier molecular flexibility index (Phi) is 4.79. The predicted molar refractivity (Wildman–Crippen MR) is 52.4 cm³/mol. The van der Waals surface area contributed by atoms with Crippen molar-refractivity contribution < 1.29 is 0 Å². The van der Waals surface area contributed by atoms with E-state index >= 15 is 0 Å². The van der Waals surface area contributed by atoms with Crippen LogP contribution in [0, 0.1) is 23.7 Å². The van der Waals surface area contributed by atoms with Crippen molar-refractivity contribution in [3.8, 4) is 0 Å². The van der Waals surface area contributed by atoms with Gasteiger partial charge in [0.25, 0.3) is 0 Å². The van der Waals surface area contributed by atoms with Crippen LogP contribution >= 0.6 is 0 Å². The summed E-state index contributed by atoms with van der Waals surface area (Å²) in [6.07, 6.45) is 1.29. The summed E-state index contributed by atoms with van der Waals surface area (Å²) in [4.78, 5) is 0. The maximum Gasteiger partial charge on any atom is -0.0650 e. The van der Waals surface area contributed by atoms with Crippen LogP contribution in [0.4, 0.5) is 0 Å². The molecule has 1 atom stereocenters. The molecule has 0 bridgehead atoms. The molecule has 1 unspecified atom stereocenters. The van der Waals surface area contributed by atoms with Gasteiger partial charge < -0.3 is 5.92 Å². The van der Waals surface area contributed by atoms with Crippen LogP contribution in [0.1, 0.15) is 48.0 Å². The Labute approximate surface area is 72.4 Å². The van der Waals surface area contributed by atoms with E-state index in [0.29, 0.717) is 0 Å². The lowest BCUT2D eigenvalue weighted by Gasteiger charge is -2.37. The van der Waals surface area contributed by atoms with E-state index in [1.165, 1.54) is 6.42 Å². The first kappa shape index (κ1) is 11.0. The van der Waals surface area contributed by atoms with Gasteiger partial charge in [0.1, 0.15) is 0 Å². The van der Waals surface area contributed by atoms with Crippen molar-refractivity contribution in [3.05, 3.63) is 5.92 Å². The highest BCUT2D eigenvalue weighted by atomic mass is 14.2. The second-order valence-corrected chi connectivity index (χ2v) is 4.48. The maximum absolute atomic E-state index is 2.34. The lowest BCUT2D eigenvalue weighted by Crippen LogP contribution is -2.14. The molecule has 0 radical (unpaired) electrons. The molecule has 0 N–H and O–H groups in total. The average molecular weight is 155 g/mol. The van der Waals surface area contributed by atoms with Crippen LogP contribution in [0.5, 0.6) is 0 Å². The molecule has 0 nitrogen and oxygen atoms in total. The zero-order valence-corrected chi connectivity index (χ0v) is 8.94. The molecule has 11 heavy (non-hydrogen) atoms. The molecular weight excluding hydrogens is 132 g/mol. The van der Waals surface area contributed by atoms with Gasteiger partial charge in [0, 0.05) is 0 Å². The van der Waals surface area contributed by atoms with E-state index in [0.717, 1.165) is 17.8 Å². The van der Waals surface area contributed by atoms with Gasteiger partial charge in [-0.3, -0.25) is 0 Å². The molecule has 0 saturated heterocycles. The van der Waals surface area contributed by atoms with Gasteiger partial charge in [0.2, 0.25) is 0 Å². The summed E-state index contributed by atoms with van der Waals surface area (Å²) in [7, 11) is 0. The van der Waals surface area contributed by atoms with E-state index in [-0.39, 0.29) is 0 Å². The normalized spacial score (nSPS) is 15.0. The minimum Gasteiger partial charge on any atom is -0.313 e. The highest BCUT2D eigenvalue weighted by molar-refractivity contribution is 4.91. The maximum atomic E-state index is 2.34. The molecule has 0 heterocycles. The fourth-order valence-electron chi connectivity index (χ4n) is 1.40. The highest BCUT2D eigenvalue weighted by Gasteiger charge is 2.04. The number of rotatable bonds is 4. The van der Waals surface area contributed by atoms with Gasteiger partial charge in [-0.1, -0.05) is 46.5 Å². The van der Waals surface area contributed by atoms with Crippen LogP contribution in [0.2, 0.25) is 0 Å². The van der Waals surface area contributed by atoms with Gasteiger partial charge in [-0.15, -0.1) is 0 Å². The third-order valence-corrected chi connectivity index (χ3v) is 2.51. The van der Waals surface area contributed by atoms with Crippen LogP contribution in [-0.4, -0.2) is 0 Å². The molecule has 0 aliphatic carbocycles. The monoisotopic (exact) mass is 155 g/mol. The molecule has 0 aromatic heterocycles. The van der Waals surface area contributed by atoms with Gasteiger partial charge in [-0.25, -0.2) is 0 Å². The van der Waals surface area contributed by atoms with Gasteiger partial charge in [0.05, 0.1) is 0 Å². The highest BCUT2D eigenvalue weighted by Crippen LogP contribution is 2.27. The van der Waals surface area contributed by atoms with Crippen molar-refractivity contribution in [2.24, 2.45) is 17.8 Å². The summed E-state index contributed by atoms with van der Waals surface area (Å²) in [5.74, 6) is 4.07. The number of hydrogen-bond donors (Lipinski definition) is 0. The summed E-state index contributed by atoms with van der Waals surface area (Å²) in [6.45, 7) is 13.8. The quantitative estimate of drug-likeness (QED) is 0.540. The van der Waals surface area contributed by atoms with Crippen molar-refractivity contribution >= 4 is 0 Å². The first-order chi connectivity index (χ1) is 4.95. The third-order valence-electron chi connectivity index (χ3n) is 2.51.